The van der Waals surface area contributed by atoms with Gasteiger partial charge in [-0.25, -0.2) is 0 Å². The van der Waals surface area contributed by atoms with Crippen LogP contribution in [0.5, 0.6) is 11.5 Å². The van der Waals surface area contributed by atoms with Crippen LogP contribution in [0.15, 0.2) is 18.2 Å². The van der Waals surface area contributed by atoms with Crippen LogP contribution >= 0.6 is 0 Å². The smallest absolute Gasteiger partial charge is 0.165 e. The molecular formula is C18H29NO2. The van der Waals surface area contributed by atoms with Crippen molar-refractivity contribution in [3.8, 4) is 11.5 Å². The van der Waals surface area contributed by atoms with Crippen LogP contribution in [0.4, 0.5) is 0 Å². The largest absolute Gasteiger partial charge is 0.490 e. The van der Waals surface area contributed by atoms with Gasteiger partial charge in [-0.15, -0.1) is 0 Å². The molecule has 0 unspecified atom stereocenters. The Bertz CT molecular complexity index is 447. The van der Waals surface area contributed by atoms with Gasteiger partial charge in [-0.1, -0.05) is 18.6 Å². The molecule has 1 N–H and O–H groups in total. The summed E-state index contributed by atoms with van der Waals surface area (Å²) < 4.78 is 11.9. The molecule has 0 bridgehead atoms. The van der Waals surface area contributed by atoms with Gasteiger partial charge in [0.05, 0.1) is 13.2 Å². The minimum absolute atomic E-state index is 0.0901. The van der Waals surface area contributed by atoms with Gasteiger partial charge in [-0.05, 0) is 52.5 Å². The molecule has 0 spiro atoms. The number of para-hydroxylation sites is 1. The number of ether oxygens (including phenoxy) is 2. The van der Waals surface area contributed by atoms with Crippen molar-refractivity contribution in [2.45, 2.75) is 59.0 Å². The molecule has 0 heterocycles. The Labute approximate surface area is 129 Å². The van der Waals surface area contributed by atoms with E-state index in [1.807, 2.05) is 19.1 Å². The molecule has 118 valence electrons. The summed E-state index contributed by atoms with van der Waals surface area (Å²) in [4.78, 5) is 0. The second-order valence-electron chi connectivity index (χ2n) is 6.89. The van der Waals surface area contributed by atoms with Crippen molar-refractivity contribution in [1.29, 1.82) is 0 Å². The molecule has 0 amide bonds. The fourth-order valence-corrected chi connectivity index (χ4v) is 2.35. The van der Waals surface area contributed by atoms with Gasteiger partial charge in [0.15, 0.2) is 11.5 Å². The summed E-state index contributed by atoms with van der Waals surface area (Å²) in [6, 6.07) is 6.17. The van der Waals surface area contributed by atoms with Crippen molar-refractivity contribution in [1.82, 2.24) is 5.32 Å². The van der Waals surface area contributed by atoms with Crippen LogP contribution < -0.4 is 14.8 Å². The van der Waals surface area contributed by atoms with E-state index in [0.717, 1.165) is 30.6 Å². The van der Waals surface area contributed by atoms with Crippen LogP contribution in [0.2, 0.25) is 0 Å². The fraction of sp³-hybridized carbons (Fsp3) is 0.667. The van der Waals surface area contributed by atoms with E-state index in [1.54, 1.807) is 0 Å². The van der Waals surface area contributed by atoms with Crippen LogP contribution in [0, 0.1) is 5.92 Å². The van der Waals surface area contributed by atoms with Gasteiger partial charge in [-0.2, -0.15) is 0 Å². The normalized spacial score (nSPS) is 15.6. The van der Waals surface area contributed by atoms with E-state index < -0.39 is 0 Å². The number of hydrogen-bond acceptors (Lipinski definition) is 3. The quantitative estimate of drug-likeness (QED) is 0.818. The molecule has 3 heteroatoms. The Hall–Kier alpha value is -1.22. The molecule has 0 radical (unpaired) electrons. The van der Waals surface area contributed by atoms with Crippen LogP contribution in [0.3, 0.4) is 0 Å². The highest BCUT2D eigenvalue weighted by atomic mass is 16.5. The number of hydrogen-bond donors (Lipinski definition) is 1. The average molecular weight is 291 g/mol. The molecular weight excluding hydrogens is 262 g/mol. The summed E-state index contributed by atoms with van der Waals surface area (Å²) >= 11 is 0. The molecule has 1 aromatic rings. The third-order valence-electron chi connectivity index (χ3n) is 3.86. The number of benzene rings is 1. The van der Waals surface area contributed by atoms with Crippen LogP contribution in [-0.4, -0.2) is 18.8 Å². The minimum Gasteiger partial charge on any atom is -0.490 e. The minimum atomic E-state index is 0.0901. The summed E-state index contributed by atoms with van der Waals surface area (Å²) in [5.74, 6) is 2.51. The molecule has 1 aromatic carbocycles. The first-order valence-corrected chi connectivity index (χ1v) is 8.12. The molecule has 0 aliphatic heterocycles. The Balaban J connectivity index is 2.10. The van der Waals surface area contributed by atoms with Crippen molar-refractivity contribution >= 4 is 0 Å². The maximum atomic E-state index is 6.12. The van der Waals surface area contributed by atoms with Gasteiger partial charge in [0.1, 0.15) is 0 Å². The lowest BCUT2D eigenvalue weighted by Crippen LogP contribution is -2.35. The van der Waals surface area contributed by atoms with E-state index in [4.69, 9.17) is 9.47 Å². The topological polar surface area (TPSA) is 30.5 Å². The Morgan fingerprint density at radius 3 is 2.52 bits per heavy atom. The highest BCUT2D eigenvalue weighted by molar-refractivity contribution is 5.46. The highest BCUT2D eigenvalue weighted by Gasteiger charge is 2.20. The lowest BCUT2D eigenvalue weighted by molar-refractivity contribution is 0.172. The summed E-state index contributed by atoms with van der Waals surface area (Å²) in [5.41, 5.74) is 1.27. The highest BCUT2D eigenvalue weighted by Crippen LogP contribution is 2.34. The molecule has 21 heavy (non-hydrogen) atoms. The van der Waals surface area contributed by atoms with E-state index in [2.05, 4.69) is 32.2 Å². The third-order valence-corrected chi connectivity index (χ3v) is 3.86. The molecule has 1 saturated carbocycles. The summed E-state index contributed by atoms with van der Waals surface area (Å²) in [5, 5.41) is 3.53. The molecule has 0 atom stereocenters. The molecule has 0 aromatic heterocycles. The van der Waals surface area contributed by atoms with Gasteiger partial charge in [-0.3, -0.25) is 0 Å². The van der Waals surface area contributed by atoms with E-state index in [0.29, 0.717) is 6.61 Å². The second-order valence-corrected chi connectivity index (χ2v) is 6.89. The van der Waals surface area contributed by atoms with Crippen molar-refractivity contribution in [2.24, 2.45) is 5.92 Å². The van der Waals surface area contributed by atoms with Crippen LogP contribution in [-0.2, 0) is 6.54 Å². The first-order chi connectivity index (χ1) is 9.99. The molecule has 0 saturated heterocycles. The van der Waals surface area contributed by atoms with Gasteiger partial charge < -0.3 is 14.8 Å². The molecule has 2 rings (SSSR count). The third kappa shape index (κ3) is 4.92. The summed E-state index contributed by atoms with van der Waals surface area (Å²) in [7, 11) is 0. The Morgan fingerprint density at radius 2 is 1.95 bits per heavy atom. The Kier molecular flexibility index (Phi) is 5.51. The Morgan fingerprint density at radius 1 is 1.19 bits per heavy atom. The molecule has 3 nitrogen and oxygen atoms in total. The molecule has 1 aliphatic rings. The predicted molar refractivity (Wildman–Crippen MR) is 87.0 cm³/mol. The van der Waals surface area contributed by atoms with E-state index >= 15 is 0 Å². The van der Waals surface area contributed by atoms with Crippen molar-refractivity contribution in [3.05, 3.63) is 23.8 Å². The maximum absolute atomic E-state index is 6.12. The summed E-state index contributed by atoms with van der Waals surface area (Å²) in [6.45, 7) is 10.8. The van der Waals surface area contributed by atoms with E-state index in [9.17, 15) is 0 Å². The number of rotatable bonds is 7. The zero-order valence-corrected chi connectivity index (χ0v) is 13.9. The first kappa shape index (κ1) is 16.2. The SMILES string of the molecule is CCOc1cccc(CNC(C)(C)C)c1OCC1CCC1. The standard InChI is InChI=1S/C18H29NO2/c1-5-20-16-11-7-10-15(12-19-18(2,3)4)17(16)21-13-14-8-6-9-14/h7,10-11,14,19H,5-6,8-9,12-13H2,1-4H3. The van der Waals surface area contributed by atoms with Crippen molar-refractivity contribution in [3.63, 3.8) is 0 Å². The zero-order valence-electron chi connectivity index (χ0n) is 13.9. The lowest BCUT2D eigenvalue weighted by Gasteiger charge is -2.27. The lowest BCUT2D eigenvalue weighted by atomic mass is 9.86. The first-order valence-electron chi connectivity index (χ1n) is 8.12. The fourth-order valence-electron chi connectivity index (χ4n) is 2.35. The molecule has 1 aliphatic carbocycles. The zero-order chi connectivity index (χ0) is 15.3. The predicted octanol–water partition coefficient (Wildman–Crippen LogP) is 4.15. The van der Waals surface area contributed by atoms with Crippen LogP contribution in [0.1, 0.15) is 52.5 Å². The monoisotopic (exact) mass is 291 g/mol. The second kappa shape index (κ2) is 7.17. The van der Waals surface area contributed by atoms with E-state index in [1.165, 1.54) is 24.8 Å². The van der Waals surface area contributed by atoms with Gasteiger partial charge in [0, 0.05) is 17.6 Å². The molecule has 1 fully saturated rings. The van der Waals surface area contributed by atoms with Gasteiger partial charge in [0.2, 0.25) is 0 Å². The van der Waals surface area contributed by atoms with Gasteiger partial charge >= 0.3 is 0 Å². The summed E-state index contributed by atoms with van der Waals surface area (Å²) in [6.07, 6.45) is 3.94. The van der Waals surface area contributed by atoms with E-state index in [-0.39, 0.29) is 5.54 Å². The van der Waals surface area contributed by atoms with Crippen LogP contribution in [0.25, 0.3) is 0 Å². The van der Waals surface area contributed by atoms with Gasteiger partial charge in [0.25, 0.3) is 0 Å². The van der Waals surface area contributed by atoms with Crippen molar-refractivity contribution in [2.75, 3.05) is 13.2 Å². The maximum Gasteiger partial charge on any atom is 0.165 e. The van der Waals surface area contributed by atoms with Crippen molar-refractivity contribution < 1.29 is 9.47 Å². The average Bonchev–Trinajstić information content (AvgIpc) is 2.36. The number of nitrogens with one attached hydrogen (secondary N) is 1.